The average molecular weight is 450 g/mol. The number of amides is 1. The summed E-state index contributed by atoms with van der Waals surface area (Å²) in [7, 11) is 0. The van der Waals surface area contributed by atoms with Gasteiger partial charge in [-0.15, -0.1) is 0 Å². The average Bonchev–Trinajstić information content (AvgIpc) is 2.94. The number of esters is 1. The van der Waals surface area contributed by atoms with Gasteiger partial charge in [0.1, 0.15) is 11.4 Å². The number of alkyl carbamates (subject to hydrolysis) is 1. The minimum atomic E-state index is -1.26. The lowest BCUT2D eigenvalue weighted by atomic mass is 9.99. The molecule has 1 fully saturated rings. The first-order chi connectivity index (χ1) is 12.1. The molecule has 0 spiro atoms. The van der Waals surface area contributed by atoms with Gasteiger partial charge in [0, 0.05) is 21.6 Å². The van der Waals surface area contributed by atoms with Crippen molar-refractivity contribution >= 4 is 39.6 Å². The number of aliphatic hydroxyl groups excluding tert-OH is 1. The summed E-state index contributed by atoms with van der Waals surface area (Å²) in [5.74, 6) is -0.522. The van der Waals surface area contributed by atoms with Gasteiger partial charge >= 0.3 is 12.1 Å². The van der Waals surface area contributed by atoms with Gasteiger partial charge in [-0.1, -0.05) is 27.5 Å². The Morgan fingerprint density at radius 3 is 2.65 bits per heavy atom. The van der Waals surface area contributed by atoms with Crippen molar-refractivity contribution in [3.63, 3.8) is 0 Å². The first-order valence-electron chi connectivity index (χ1n) is 8.09. The van der Waals surface area contributed by atoms with E-state index in [0.29, 0.717) is 28.0 Å². The predicted octanol–water partition coefficient (Wildman–Crippen LogP) is 2.76. The van der Waals surface area contributed by atoms with E-state index in [0.717, 1.165) is 0 Å². The summed E-state index contributed by atoms with van der Waals surface area (Å²) < 4.78 is 11.3. The number of benzene rings is 1. The highest BCUT2D eigenvalue weighted by Crippen LogP contribution is 2.32. The molecule has 3 N–H and O–H groups in total. The van der Waals surface area contributed by atoms with Crippen LogP contribution in [0.25, 0.3) is 0 Å². The zero-order valence-electron chi connectivity index (χ0n) is 14.8. The third-order valence-corrected chi connectivity index (χ3v) is 4.69. The monoisotopic (exact) mass is 448 g/mol. The number of ether oxygens (including phenoxy) is 2. The number of halogens is 2. The molecule has 0 saturated carbocycles. The highest BCUT2D eigenvalue weighted by atomic mass is 79.9. The topological polar surface area (TPSA) is 96.9 Å². The lowest BCUT2D eigenvalue weighted by molar-refractivity contribution is -0.141. The summed E-state index contributed by atoms with van der Waals surface area (Å²) in [5.41, 5.74) is -1.56. The minimum absolute atomic E-state index is 0.133. The molecule has 0 bridgehead atoms. The third-order valence-electron chi connectivity index (χ3n) is 3.77. The Bertz CT molecular complexity index is 699. The fraction of sp³-hybridized carbons (Fsp3) is 0.529. The Hall–Kier alpha value is -1.35. The van der Waals surface area contributed by atoms with Crippen LogP contribution in [0.15, 0.2) is 16.6 Å². The second kappa shape index (κ2) is 8.12. The van der Waals surface area contributed by atoms with Crippen molar-refractivity contribution in [1.29, 1.82) is 0 Å². The van der Waals surface area contributed by atoms with E-state index < -0.39 is 23.2 Å². The Balaban J connectivity index is 2.23. The van der Waals surface area contributed by atoms with E-state index in [9.17, 15) is 14.7 Å². The lowest BCUT2D eigenvalue weighted by Gasteiger charge is -2.29. The molecule has 1 aromatic carbocycles. The largest absolute Gasteiger partial charge is 0.444 e. The molecule has 7 nitrogen and oxygen atoms in total. The third kappa shape index (κ3) is 5.09. The number of carbonyl (C=O) groups excluding carboxylic acids is 2. The Labute approximate surface area is 165 Å². The van der Waals surface area contributed by atoms with Crippen LogP contribution in [0.2, 0.25) is 5.02 Å². The molecule has 1 atom stereocenters. The second-order valence-electron chi connectivity index (χ2n) is 7.05. The number of nitrogens with one attached hydrogen (secondary N) is 2. The summed E-state index contributed by atoms with van der Waals surface area (Å²) in [6.45, 7) is 5.62. The van der Waals surface area contributed by atoms with Crippen molar-refractivity contribution in [3.8, 4) is 5.75 Å². The molecule has 0 radical (unpaired) electrons. The SMILES string of the molecule is CC(C)(C)OC(=O)N[C@]1(C(=O)Oc2cc(Cl)cc(Br)c2CO)CCNC1. The van der Waals surface area contributed by atoms with Gasteiger partial charge in [-0.05, 0) is 45.9 Å². The van der Waals surface area contributed by atoms with Crippen molar-refractivity contribution < 1.29 is 24.2 Å². The molecule has 1 aromatic rings. The molecular weight excluding hydrogens is 428 g/mol. The van der Waals surface area contributed by atoms with Crippen LogP contribution in [0.1, 0.15) is 32.8 Å². The zero-order valence-corrected chi connectivity index (χ0v) is 17.2. The quantitative estimate of drug-likeness (QED) is 0.483. The van der Waals surface area contributed by atoms with Crippen LogP contribution in [-0.4, -0.2) is 41.4 Å². The Kier molecular flexibility index (Phi) is 6.55. The van der Waals surface area contributed by atoms with E-state index in [1.807, 2.05) is 0 Å². The van der Waals surface area contributed by atoms with Crippen LogP contribution < -0.4 is 15.4 Å². The molecule has 1 aliphatic heterocycles. The maximum absolute atomic E-state index is 12.9. The first kappa shape index (κ1) is 21.0. The van der Waals surface area contributed by atoms with Crippen LogP contribution in [0.4, 0.5) is 4.79 Å². The fourth-order valence-corrected chi connectivity index (χ4v) is 3.45. The van der Waals surface area contributed by atoms with E-state index in [1.54, 1.807) is 26.8 Å². The van der Waals surface area contributed by atoms with E-state index in [1.165, 1.54) is 6.07 Å². The van der Waals surface area contributed by atoms with Gasteiger partial charge in [-0.3, -0.25) is 0 Å². The molecule has 1 aliphatic rings. The zero-order chi connectivity index (χ0) is 19.5. The summed E-state index contributed by atoms with van der Waals surface area (Å²) >= 11 is 9.29. The maximum atomic E-state index is 12.9. The van der Waals surface area contributed by atoms with Gasteiger partial charge in [0.15, 0.2) is 5.54 Å². The Morgan fingerprint density at radius 1 is 1.42 bits per heavy atom. The van der Waals surface area contributed by atoms with Crippen molar-refractivity contribution in [2.45, 2.75) is 44.9 Å². The van der Waals surface area contributed by atoms with Gasteiger partial charge in [0.25, 0.3) is 0 Å². The number of carbonyl (C=O) groups is 2. The molecule has 1 amide bonds. The molecule has 1 saturated heterocycles. The molecule has 2 rings (SSSR count). The van der Waals surface area contributed by atoms with Gasteiger partial charge in [-0.25, -0.2) is 9.59 Å². The van der Waals surface area contributed by atoms with Crippen LogP contribution in [-0.2, 0) is 16.1 Å². The maximum Gasteiger partial charge on any atom is 0.408 e. The summed E-state index contributed by atoms with van der Waals surface area (Å²) in [6, 6.07) is 3.04. The van der Waals surface area contributed by atoms with Gasteiger partial charge in [-0.2, -0.15) is 0 Å². The van der Waals surface area contributed by atoms with Gasteiger partial charge < -0.3 is 25.2 Å². The standard InChI is InChI=1S/C17H22BrClN2O5/c1-16(2,3)26-15(24)21-17(4-5-20-9-17)14(23)25-13-7-10(19)6-12(18)11(13)8-22/h6-7,20,22H,4-5,8-9H2,1-3H3,(H,21,24)/t17-/m1/s1. The van der Waals surface area contributed by atoms with Crippen molar-refractivity contribution in [1.82, 2.24) is 10.6 Å². The summed E-state index contributed by atoms with van der Waals surface area (Å²) in [4.78, 5) is 25.0. The molecule has 1 heterocycles. The van der Waals surface area contributed by atoms with E-state index in [4.69, 9.17) is 21.1 Å². The van der Waals surface area contributed by atoms with E-state index in [-0.39, 0.29) is 18.9 Å². The molecule has 0 unspecified atom stereocenters. The number of hydrogen-bond acceptors (Lipinski definition) is 6. The van der Waals surface area contributed by atoms with Gasteiger partial charge in [0.05, 0.1) is 6.61 Å². The minimum Gasteiger partial charge on any atom is -0.444 e. The highest BCUT2D eigenvalue weighted by molar-refractivity contribution is 9.10. The smallest absolute Gasteiger partial charge is 0.408 e. The number of rotatable bonds is 4. The van der Waals surface area contributed by atoms with Crippen LogP contribution in [0.5, 0.6) is 5.75 Å². The lowest BCUT2D eigenvalue weighted by Crippen LogP contribution is -2.58. The van der Waals surface area contributed by atoms with Crippen molar-refractivity contribution in [3.05, 3.63) is 27.2 Å². The first-order valence-corrected chi connectivity index (χ1v) is 9.26. The number of hydrogen-bond donors (Lipinski definition) is 3. The normalized spacial score (nSPS) is 19.9. The van der Waals surface area contributed by atoms with Crippen molar-refractivity contribution in [2.24, 2.45) is 0 Å². The molecular formula is C17H22BrClN2O5. The summed E-state index contributed by atoms with van der Waals surface area (Å²) in [6.07, 6.45) is -0.353. The van der Waals surface area contributed by atoms with Crippen LogP contribution in [0, 0.1) is 0 Å². The highest BCUT2D eigenvalue weighted by Gasteiger charge is 2.45. The van der Waals surface area contributed by atoms with E-state index >= 15 is 0 Å². The molecule has 0 aromatic heterocycles. The summed E-state index contributed by atoms with van der Waals surface area (Å²) in [5, 5.41) is 15.6. The predicted molar refractivity (Wildman–Crippen MR) is 100 cm³/mol. The van der Waals surface area contributed by atoms with Crippen LogP contribution >= 0.6 is 27.5 Å². The Morgan fingerprint density at radius 2 is 2.12 bits per heavy atom. The second-order valence-corrected chi connectivity index (χ2v) is 8.34. The molecule has 26 heavy (non-hydrogen) atoms. The molecule has 0 aliphatic carbocycles. The van der Waals surface area contributed by atoms with E-state index in [2.05, 4.69) is 26.6 Å². The van der Waals surface area contributed by atoms with Crippen LogP contribution in [0.3, 0.4) is 0 Å². The number of aliphatic hydroxyl groups is 1. The molecule has 9 heteroatoms. The fourth-order valence-electron chi connectivity index (χ4n) is 2.54. The van der Waals surface area contributed by atoms with Crippen molar-refractivity contribution in [2.75, 3.05) is 13.1 Å². The van der Waals surface area contributed by atoms with Gasteiger partial charge in [0.2, 0.25) is 0 Å². The molecule has 144 valence electrons.